The van der Waals surface area contributed by atoms with Crippen LogP contribution < -0.4 is 0 Å². The number of hydrogen-bond donors (Lipinski definition) is 1. The molecular formula is C19H26O3. The Kier molecular flexibility index (Phi) is 3.01. The van der Waals surface area contributed by atoms with Gasteiger partial charge in [-0.3, -0.25) is 9.59 Å². The van der Waals surface area contributed by atoms with E-state index in [1.807, 2.05) is 0 Å². The molecule has 4 aliphatic carbocycles. The van der Waals surface area contributed by atoms with Crippen LogP contribution in [0.25, 0.3) is 0 Å². The Hall–Kier alpha value is -0.960. The van der Waals surface area contributed by atoms with Crippen molar-refractivity contribution < 1.29 is 14.7 Å². The predicted octanol–water partition coefficient (Wildman–Crippen LogP) is 3.06. The lowest BCUT2D eigenvalue weighted by Gasteiger charge is -2.58. The maximum atomic E-state index is 12.4. The largest absolute Gasteiger partial charge is 0.389 e. The van der Waals surface area contributed by atoms with Crippen molar-refractivity contribution in [1.29, 1.82) is 0 Å². The van der Waals surface area contributed by atoms with E-state index in [1.54, 1.807) is 6.08 Å². The van der Waals surface area contributed by atoms with Crippen LogP contribution in [0.4, 0.5) is 0 Å². The molecule has 3 saturated carbocycles. The highest BCUT2D eigenvalue weighted by Crippen LogP contribution is 2.64. The van der Waals surface area contributed by atoms with E-state index < -0.39 is 6.10 Å². The van der Waals surface area contributed by atoms with Crippen LogP contribution in [-0.2, 0) is 9.59 Å². The molecule has 0 radical (unpaired) electrons. The van der Waals surface area contributed by atoms with Gasteiger partial charge in [0.05, 0.1) is 6.10 Å². The van der Waals surface area contributed by atoms with Crippen LogP contribution in [0.2, 0.25) is 0 Å². The first-order chi connectivity index (χ1) is 10.4. The summed E-state index contributed by atoms with van der Waals surface area (Å²) < 4.78 is 0. The van der Waals surface area contributed by atoms with Crippen molar-refractivity contribution in [3.8, 4) is 0 Å². The normalized spacial score (nSPS) is 51.0. The van der Waals surface area contributed by atoms with E-state index in [-0.39, 0.29) is 16.6 Å². The molecule has 0 aromatic heterocycles. The molecule has 3 nitrogen and oxygen atoms in total. The summed E-state index contributed by atoms with van der Waals surface area (Å²) in [6.07, 6.45) is 7.24. The third-order valence-corrected chi connectivity index (χ3v) is 7.69. The molecule has 0 aromatic rings. The minimum Gasteiger partial charge on any atom is -0.389 e. The lowest BCUT2D eigenvalue weighted by Crippen LogP contribution is -2.54. The third kappa shape index (κ3) is 1.72. The smallest absolute Gasteiger partial charge is 0.155 e. The molecule has 3 fully saturated rings. The summed E-state index contributed by atoms with van der Waals surface area (Å²) in [6, 6.07) is 0. The van der Waals surface area contributed by atoms with Gasteiger partial charge in [0, 0.05) is 18.3 Å². The standard InChI is InChI=1S/C19H26O3/c1-18-7-5-11(20)9-15(18)16(21)10-12-13-3-4-17(22)19(13,2)8-6-14(12)18/h9,12-14,16,21H,3-8,10H2,1-2H3/t12-,13-,14-,16?,18+,19-/m0/s1. The van der Waals surface area contributed by atoms with Crippen LogP contribution in [0.3, 0.4) is 0 Å². The number of carbonyl (C=O) groups excluding carboxylic acids is 2. The molecule has 0 amide bonds. The summed E-state index contributed by atoms with van der Waals surface area (Å²) in [5, 5.41) is 10.7. The molecule has 3 heteroatoms. The fraction of sp³-hybridized carbons (Fsp3) is 0.789. The summed E-state index contributed by atoms with van der Waals surface area (Å²) in [4.78, 5) is 24.2. The SMILES string of the molecule is C[C@]12CCC(=O)C=C1C(O)C[C@@H]1[C@@H]2CC[C@]2(C)C(=O)CC[C@@H]12. The van der Waals surface area contributed by atoms with E-state index in [2.05, 4.69) is 13.8 Å². The highest BCUT2D eigenvalue weighted by atomic mass is 16.3. The summed E-state index contributed by atoms with van der Waals surface area (Å²) in [7, 11) is 0. The molecule has 4 rings (SSSR count). The van der Waals surface area contributed by atoms with Crippen LogP contribution in [0.15, 0.2) is 11.6 Å². The minimum absolute atomic E-state index is 0.0385. The van der Waals surface area contributed by atoms with Crippen molar-refractivity contribution >= 4 is 11.6 Å². The number of aliphatic hydroxyl groups is 1. The Morgan fingerprint density at radius 3 is 2.55 bits per heavy atom. The molecule has 0 bridgehead atoms. The zero-order valence-corrected chi connectivity index (χ0v) is 13.6. The Morgan fingerprint density at radius 2 is 1.77 bits per heavy atom. The highest BCUT2D eigenvalue weighted by Gasteiger charge is 2.60. The molecule has 0 saturated heterocycles. The Labute approximate surface area is 132 Å². The number of Topliss-reactive ketones (excluding diaryl/α,β-unsaturated/α-hetero) is 1. The monoisotopic (exact) mass is 302 g/mol. The van der Waals surface area contributed by atoms with Crippen molar-refractivity contribution in [2.24, 2.45) is 28.6 Å². The van der Waals surface area contributed by atoms with Gasteiger partial charge in [-0.1, -0.05) is 13.8 Å². The molecule has 0 aromatic carbocycles. The van der Waals surface area contributed by atoms with Crippen molar-refractivity contribution in [3.05, 3.63) is 11.6 Å². The van der Waals surface area contributed by atoms with Crippen molar-refractivity contribution in [3.63, 3.8) is 0 Å². The number of ketones is 2. The van der Waals surface area contributed by atoms with Gasteiger partial charge in [-0.15, -0.1) is 0 Å². The van der Waals surface area contributed by atoms with Crippen LogP contribution in [0.5, 0.6) is 0 Å². The maximum absolute atomic E-state index is 12.4. The first-order valence-electron chi connectivity index (χ1n) is 8.82. The van der Waals surface area contributed by atoms with Gasteiger partial charge in [-0.25, -0.2) is 0 Å². The highest BCUT2D eigenvalue weighted by molar-refractivity contribution is 5.92. The van der Waals surface area contributed by atoms with E-state index in [9.17, 15) is 14.7 Å². The van der Waals surface area contributed by atoms with Gasteiger partial charge in [-0.2, -0.15) is 0 Å². The van der Waals surface area contributed by atoms with E-state index in [1.165, 1.54) is 0 Å². The molecule has 4 aliphatic rings. The number of aliphatic hydroxyl groups excluding tert-OH is 1. The zero-order chi connectivity index (χ0) is 15.7. The number of fused-ring (bicyclic) bond motifs is 5. The van der Waals surface area contributed by atoms with Crippen molar-refractivity contribution in [1.82, 2.24) is 0 Å². The van der Waals surface area contributed by atoms with E-state index in [0.29, 0.717) is 30.0 Å². The van der Waals surface area contributed by atoms with E-state index >= 15 is 0 Å². The van der Waals surface area contributed by atoms with Crippen LogP contribution >= 0.6 is 0 Å². The summed E-state index contributed by atoms with van der Waals surface area (Å²) in [5.74, 6) is 2.01. The Morgan fingerprint density at radius 1 is 1.05 bits per heavy atom. The van der Waals surface area contributed by atoms with Crippen molar-refractivity contribution in [2.45, 2.75) is 64.9 Å². The summed E-state index contributed by atoms with van der Waals surface area (Å²) in [5.41, 5.74) is 0.796. The quantitative estimate of drug-likeness (QED) is 0.748. The zero-order valence-electron chi connectivity index (χ0n) is 13.6. The molecule has 1 unspecified atom stereocenters. The van der Waals surface area contributed by atoms with Gasteiger partial charge < -0.3 is 5.11 Å². The molecule has 0 heterocycles. The molecule has 0 spiro atoms. The topological polar surface area (TPSA) is 54.4 Å². The molecular weight excluding hydrogens is 276 g/mol. The first-order valence-corrected chi connectivity index (χ1v) is 8.82. The third-order valence-electron chi connectivity index (χ3n) is 7.69. The lowest BCUT2D eigenvalue weighted by molar-refractivity contribution is -0.134. The second-order valence-corrected chi connectivity index (χ2v) is 8.53. The maximum Gasteiger partial charge on any atom is 0.155 e. The van der Waals surface area contributed by atoms with E-state index in [0.717, 1.165) is 44.1 Å². The summed E-state index contributed by atoms with van der Waals surface area (Å²) in [6.45, 7) is 4.42. The molecule has 1 N–H and O–H groups in total. The van der Waals surface area contributed by atoms with Crippen LogP contribution in [0.1, 0.15) is 58.8 Å². The van der Waals surface area contributed by atoms with Gasteiger partial charge in [0.1, 0.15) is 5.78 Å². The molecule has 22 heavy (non-hydrogen) atoms. The van der Waals surface area contributed by atoms with Gasteiger partial charge in [-0.05, 0) is 66.9 Å². The fourth-order valence-corrected chi connectivity index (χ4v) is 6.38. The summed E-state index contributed by atoms with van der Waals surface area (Å²) >= 11 is 0. The molecule has 6 atom stereocenters. The Bertz CT molecular complexity index is 577. The second kappa shape index (κ2) is 4.53. The van der Waals surface area contributed by atoms with E-state index in [4.69, 9.17) is 0 Å². The number of rotatable bonds is 0. The second-order valence-electron chi connectivity index (χ2n) is 8.53. The number of hydrogen-bond acceptors (Lipinski definition) is 3. The molecule has 0 aliphatic heterocycles. The van der Waals surface area contributed by atoms with Crippen LogP contribution in [-0.4, -0.2) is 22.8 Å². The van der Waals surface area contributed by atoms with Gasteiger partial charge >= 0.3 is 0 Å². The van der Waals surface area contributed by atoms with Gasteiger partial charge in [0.25, 0.3) is 0 Å². The van der Waals surface area contributed by atoms with Gasteiger partial charge in [0.2, 0.25) is 0 Å². The van der Waals surface area contributed by atoms with Crippen molar-refractivity contribution in [2.75, 3.05) is 0 Å². The average Bonchev–Trinajstić information content (AvgIpc) is 2.77. The molecule has 120 valence electrons. The fourth-order valence-electron chi connectivity index (χ4n) is 6.38. The average molecular weight is 302 g/mol. The van der Waals surface area contributed by atoms with Crippen LogP contribution in [0, 0.1) is 28.6 Å². The Balaban J connectivity index is 1.74. The predicted molar refractivity (Wildman–Crippen MR) is 83.1 cm³/mol. The van der Waals surface area contributed by atoms with Gasteiger partial charge in [0.15, 0.2) is 5.78 Å². The first kappa shape index (κ1) is 14.6. The lowest BCUT2D eigenvalue weighted by atomic mass is 9.47. The number of carbonyl (C=O) groups is 2. The minimum atomic E-state index is -0.492.